The summed E-state index contributed by atoms with van der Waals surface area (Å²) in [7, 11) is 2.65. The lowest BCUT2D eigenvalue weighted by molar-refractivity contribution is -0.148. The third-order valence-corrected chi connectivity index (χ3v) is 11.9. The van der Waals surface area contributed by atoms with E-state index in [2.05, 4.69) is 135 Å². The Morgan fingerprint density at radius 2 is 1.04 bits per heavy atom. The quantitative estimate of drug-likeness (QED) is 0.0390. The molecule has 30 heteroatoms. The van der Waals surface area contributed by atoms with Crippen molar-refractivity contribution in [3.8, 4) is 0 Å². The van der Waals surface area contributed by atoms with E-state index in [1.165, 1.54) is 32.6 Å². The fraction of sp³-hybridized carbons (Fsp3) is 0.308. The maximum absolute atomic E-state index is 11.6. The van der Waals surface area contributed by atoms with Crippen molar-refractivity contribution in [2.24, 2.45) is 5.73 Å². The Morgan fingerprint density at radius 1 is 0.622 bits per heavy atom. The Labute approximate surface area is 506 Å². The monoisotopic (exact) mass is 1390 g/mol. The number of nitrogens with two attached hydrogens (primary N) is 3. The van der Waals surface area contributed by atoms with Crippen LogP contribution >= 0.6 is 63.7 Å². The molecule has 440 valence electrons. The molecule has 8 heterocycles. The van der Waals surface area contributed by atoms with Crippen LogP contribution in [0.25, 0.3) is 12.2 Å². The third-order valence-electron chi connectivity index (χ3n) is 10.0. The second-order valence-corrected chi connectivity index (χ2v) is 21.0. The molecule has 3 aliphatic heterocycles. The van der Waals surface area contributed by atoms with Crippen LogP contribution in [0.1, 0.15) is 59.7 Å². The van der Waals surface area contributed by atoms with Crippen LogP contribution in [0.3, 0.4) is 0 Å². The van der Waals surface area contributed by atoms with E-state index in [9.17, 15) is 33.6 Å². The first-order valence-electron chi connectivity index (χ1n) is 24.3. The molecule has 5 aromatic heterocycles. The summed E-state index contributed by atoms with van der Waals surface area (Å²) in [5.41, 5.74) is 21.5. The van der Waals surface area contributed by atoms with Crippen LogP contribution in [0, 0.1) is 0 Å². The van der Waals surface area contributed by atoms with Gasteiger partial charge in [-0.05, 0) is 122 Å². The molecule has 14 N–H and O–H groups in total. The van der Waals surface area contributed by atoms with Gasteiger partial charge >= 0.3 is 23.9 Å². The first-order valence-corrected chi connectivity index (χ1v) is 27.8. The molecular formula is C52H63Br4N15O11. The van der Waals surface area contributed by atoms with Crippen molar-refractivity contribution in [3.05, 3.63) is 126 Å². The number of nitrogens with one attached hydrogen (secondary N) is 7. The molecule has 0 saturated carbocycles. The minimum Gasteiger partial charge on any atom is -0.478 e. The lowest BCUT2D eigenvalue weighted by Crippen LogP contribution is -2.23. The molecular weight excluding hydrogens is 1330 g/mol. The molecule has 5 aromatic rings. The highest BCUT2D eigenvalue weighted by Gasteiger charge is 2.17. The molecule has 8 rings (SSSR count). The minimum absolute atomic E-state index is 0.0312. The van der Waals surface area contributed by atoms with Crippen molar-refractivity contribution in [2.45, 2.75) is 57.9 Å². The smallest absolute Gasteiger partial charge is 0.331 e. The lowest BCUT2D eigenvalue weighted by Gasteiger charge is -2.17. The van der Waals surface area contributed by atoms with Crippen LogP contribution in [0.15, 0.2) is 86.9 Å². The molecule has 3 amide bonds. The summed E-state index contributed by atoms with van der Waals surface area (Å²) in [4.78, 5) is 96.7. The van der Waals surface area contributed by atoms with E-state index < -0.39 is 17.5 Å². The highest BCUT2D eigenvalue weighted by molar-refractivity contribution is 9.11. The number of rotatable bonds is 10. The highest BCUT2D eigenvalue weighted by Crippen LogP contribution is 2.21. The Kier molecular flexibility index (Phi) is 30.6. The number of anilines is 5. The number of alkyl halides is 1. The molecule has 82 heavy (non-hydrogen) atoms. The number of aromatic nitrogens is 5. The van der Waals surface area contributed by atoms with Gasteiger partial charge in [-0.3, -0.25) is 24.0 Å². The minimum atomic E-state index is -1.01. The van der Waals surface area contributed by atoms with Crippen molar-refractivity contribution >= 4 is 147 Å². The summed E-state index contributed by atoms with van der Waals surface area (Å²) in [5, 5.41) is 29.2. The molecule has 26 nitrogen and oxygen atoms in total. The molecule has 0 saturated heterocycles. The number of nitrogen functional groups attached to an aromatic ring is 2. The first kappa shape index (κ1) is 69.1. The van der Waals surface area contributed by atoms with Crippen LogP contribution < -0.4 is 54.4 Å². The number of hydrogen-bond acceptors (Lipinski definition) is 22. The molecule has 0 spiro atoms. The standard InChI is InChI=1S/C15H19N3O3.C11H11N3O3.C9H12BrN3O2.C8H8BrN3O.C6H6Br2N2.C3H7NO2/c1-15(2,3)21-13(20)5-4-10-6-11-8-16-9-12(19)18-14(11)17-7-10;15-9-6-12-5-8-3-7(1-2-10(16)17)4-13-11(8)14-9;1-15-8(14)5-12-3-6-2-7(10)4-13-9(6)11;9-6-1-5-2-10-4-7(13)12-8(5)11-3-6;7-2-4-1-5(8)3-10-6(4)9;1-6-3(5)2-4/h4-7,16H,8-9H2,1-3H3,(H,17,18,19);1-4,12H,5-6H2,(H,16,17)(H,13,14,15);2,4,12H,3,5H2,1H3,(H2,11,13);1,3,10H,2,4H2,(H,11,12,13);1,3H,2H2,(H2,9,10);2,4H2,1H3/b5-4+;2-1+;;;;. The third kappa shape index (κ3) is 27.5. The number of carbonyl (C=O) groups excluding carboxylic acids is 6. The van der Waals surface area contributed by atoms with E-state index in [1.54, 1.807) is 36.9 Å². The summed E-state index contributed by atoms with van der Waals surface area (Å²) in [5.74, 6) is 0.374. The summed E-state index contributed by atoms with van der Waals surface area (Å²) in [6, 6.07) is 9.41. The zero-order chi connectivity index (χ0) is 60.8. The van der Waals surface area contributed by atoms with Gasteiger partial charge in [-0.1, -0.05) is 15.9 Å². The number of nitrogens with zero attached hydrogens (tertiary/aromatic N) is 5. The van der Waals surface area contributed by atoms with Gasteiger partial charge in [-0.2, -0.15) is 0 Å². The van der Waals surface area contributed by atoms with Gasteiger partial charge in [0.25, 0.3) is 0 Å². The number of hydrogen-bond donors (Lipinski definition) is 11. The number of amides is 3. The lowest BCUT2D eigenvalue weighted by atomic mass is 10.1. The molecule has 0 radical (unpaired) electrons. The van der Waals surface area contributed by atoms with Crippen LogP contribution in [-0.2, 0) is 79.3 Å². The topological polar surface area (TPSA) is 394 Å². The van der Waals surface area contributed by atoms with Gasteiger partial charge in [0.1, 0.15) is 34.7 Å². The normalized spacial score (nSPS) is 13.2. The van der Waals surface area contributed by atoms with Crippen LogP contribution in [0.4, 0.5) is 29.1 Å². The summed E-state index contributed by atoms with van der Waals surface area (Å²) in [6.45, 7) is 8.65. The van der Waals surface area contributed by atoms with E-state index in [4.69, 9.17) is 27.0 Å². The zero-order valence-corrected chi connectivity index (χ0v) is 51.5. The molecule has 0 bridgehead atoms. The van der Waals surface area contributed by atoms with Gasteiger partial charge < -0.3 is 73.7 Å². The number of fused-ring (bicyclic) bond motifs is 3. The summed E-state index contributed by atoms with van der Waals surface area (Å²) >= 11 is 13.2. The van der Waals surface area contributed by atoms with Crippen molar-refractivity contribution in [1.29, 1.82) is 0 Å². The van der Waals surface area contributed by atoms with E-state index in [1.807, 2.05) is 45.0 Å². The maximum Gasteiger partial charge on any atom is 0.331 e. The molecule has 0 aromatic carbocycles. The van der Waals surface area contributed by atoms with Crippen molar-refractivity contribution in [3.63, 3.8) is 0 Å². The number of esters is 3. The highest BCUT2D eigenvalue weighted by atomic mass is 79.9. The number of methoxy groups -OCH3 is 2. The fourth-order valence-electron chi connectivity index (χ4n) is 6.28. The summed E-state index contributed by atoms with van der Waals surface area (Å²) < 4.78 is 16.5. The van der Waals surface area contributed by atoms with Gasteiger partial charge in [0.2, 0.25) is 17.7 Å². The number of halogens is 4. The van der Waals surface area contributed by atoms with E-state index >= 15 is 0 Å². The van der Waals surface area contributed by atoms with Crippen molar-refractivity contribution in [1.82, 2.24) is 46.2 Å². The molecule has 0 atom stereocenters. The van der Waals surface area contributed by atoms with Crippen LogP contribution in [0.5, 0.6) is 0 Å². The maximum atomic E-state index is 11.6. The largest absolute Gasteiger partial charge is 0.478 e. The van der Waals surface area contributed by atoms with Gasteiger partial charge in [0, 0.05) is 116 Å². The number of ether oxygens (including phenoxy) is 3. The van der Waals surface area contributed by atoms with Gasteiger partial charge in [-0.25, -0.2) is 34.5 Å². The molecule has 0 aliphatic carbocycles. The number of aliphatic carboxylic acids is 1. The average Bonchev–Trinajstić information content (AvgIpc) is 3.85. The van der Waals surface area contributed by atoms with Crippen LogP contribution in [0.2, 0.25) is 0 Å². The van der Waals surface area contributed by atoms with Crippen molar-refractivity contribution in [2.75, 3.05) is 74.4 Å². The SMILES string of the molecule is CC(C)(C)OC(=O)/C=C/c1cnc2c(c1)CNCC(=O)N2.COC(=O)CN.COC(=O)CNCc1cc(Br)cnc1N.Nc1ncc(Br)cc1CBr.O=C(O)/C=C/c1cnc2c(c1)CNCC(=O)N2.O=C1CNCc2cc(Br)cnc2N1. The van der Waals surface area contributed by atoms with Crippen molar-refractivity contribution < 1.29 is 52.9 Å². The van der Waals surface area contributed by atoms with Gasteiger partial charge in [-0.15, -0.1) is 0 Å². The zero-order valence-electron chi connectivity index (χ0n) is 45.2. The van der Waals surface area contributed by atoms with Crippen LogP contribution in [-0.4, -0.2) is 124 Å². The van der Waals surface area contributed by atoms with Gasteiger partial charge in [0.05, 0.1) is 46.9 Å². The van der Waals surface area contributed by atoms with E-state index in [-0.39, 0.29) is 55.8 Å². The number of carboxylic acids is 1. The predicted molar refractivity (Wildman–Crippen MR) is 323 cm³/mol. The molecule has 0 fully saturated rings. The molecule has 0 unspecified atom stereocenters. The Bertz CT molecular complexity index is 3070. The number of pyridine rings is 5. The van der Waals surface area contributed by atoms with Gasteiger partial charge in [0.15, 0.2) is 0 Å². The Morgan fingerprint density at radius 3 is 1.45 bits per heavy atom. The average molecular weight is 1390 g/mol. The van der Waals surface area contributed by atoms with E-state index in [0.29, 0.717) is 67.4 Å². The number of carbonyl (C=O) groups is 7. The Hall–Kier alpha value is -7.16. The predicted octanol–water partition coefficient (Wildman–Crippen LogP) is 4.71. The Balaban J connectivity index is 0.000000266. The fourth-order valence-corrected chi connectivity index (χ4v) is 7.86. The van der Waals surface area contributed by atoms with E-state index in [0.717, 1.165) is 58.2 Å². The second kappa shape index (κ2) is 36.3. The second-order valence-electron chi connectivity index (χ2n) is 17.7. The molecule has 3 aliphatic rings. The summed E-state index contributed by atoms with van der Waals surface area (Å²) in [6.07, 6.45) is 13.6. The first-order chi connectivity index (χ1) is 38.9. The number of carboxylic acid groups (broad SMARTS) is 1.